The van der Waals surface area contributed by atoms with Gasteiger partial charge >= 0.3 is 5.97 Å². The topological polar surface area (TPSA) is 86.3 Å². The molecule has 0 radical (unpaired) electrons. The minimum Gasteiger partial charge on any atom is -0.460 e. The number of carbonyl (C=O) groups excluding carboxylic acids is 2. The van der Waals surface area contributed by atoms with Crippen molar-refractivity contribution in [2.24, 2.45) is 0 Å². The maximum Gasteiger partial charge on any atom is 0.354 e. The predicted octanol–water partition coefficient (Wildman–Crippen LogP) is 2.06. The summed E-state index contributed by atoms with van der Waals surface area (Å²) in [5.74, 6) is 0.233. The van der Waals surface area contributed by atoms with E-state index in [2.05, 4.69) is 10.2 Å². The molecular weight excluding hydrogens is 400 g/mol. The van der Waals surface area contributed by atoms with Gasteiger partial charge in [-0.15, -0.1) is 0 Å². The van der Waals surface area contributed by atoms with Crippen LogP contribution < -0.4 is 14.8 Å². The fraction of sp³-hybridized carbons (Fsp3) is 0.304. The lowest BCUT2D eigenvalue weighted by molar-refractivity contribution is -0.140. The lowest BCUT2D eigenvalue weighted by Gasteiger charge is -2.26. The monoisotopic (exact) mass is 424 g/mol. The van der Waals surface area contributed by atoms with Crippen LogP contribution in [0.2, 0.25) is 0 Å². The highest BCUT2D eigenvalue weighted by atomic mass is 16.7. The average Bonchev–Trinajstić information content (AvgIpc) is 3.28. The number of ether oxygens (including phenoxy) is 4. The summed E-state index contributed by atoms with van der Waals surface area (Å²) in [5.41, 5.74) is 1.17. The first-order valence-corrected chi connectivity index (χ1v) is 10.1. The summed E-state index contributed by atoms with van der Waals surface area (Å²) in [7, 11) is 0. The van der Waals surface area contributed by atoms with Crippen molar-refractivity contribution in [2.45, 2.75) is 0 Å². The Morgan fingerprint density at radius 2 is 1.81 bits per heavy atom. The molecule has 1 amide bonds. The maximum absolute atomic E-state index is 12.8. The Bertz CT molecular complexity index is 954. The fourth-order valence-corrected chi connectivity index (χ4v) is 3.27. The molecule has 162 valence electrons. The van der Waals surface area contributed by atoms with Gasteiger partial charge in [-0.1, -0.05) is 24.3 Å². The van der Waals surface area contributed by atoms with Crippen LogP contribution in [0.25, 0.3) is 6.08 Å². The molecule has 2 aliphatic heterocycles. The standard InChI is InChI=1S/C23H24N2O6/c26-22(18-4-2-1-3-5-18)24-19(14-17-6-7-20-21(15-17)31-16-30-20)23(27)29-13-10-25-8-11-28-12-9-25/h1-7,14-15H,8-13,16H2,(H,24,26). The van der Waals surface area contributed by atoms with Gasteiger partial charge in [0.05, 0.1) is 13.2 Å². The van der Waals surface area contributed by atoms with Gasteiger partial charge in [-0.3, -0.25) is 9.69 Å². The van der Waals surface area contributed by atoms with Crippen LogP contribution in [0, 0.1) is 0 Å². The summed E-state index contributed by atoms with van der Waals surface area (Å²) in [4.78, 5) is 27.6. The van der Waals surface area contributed by atoms with E-state index in [1.165, 1.54) is 0 Å². The maximum atomic E-state index is 12.8. The van der Waals surface area contributed by atoms with Gasteiger partial charge in [0.25, 0.3) is 5.91 Å². The number of rotatable bonds is 7. The highest BCUT2D eigenvalue weighted by Crippen LogP contribution is 2.33. The first-order chi connectivity index (χ1) is 15.2. The molecule has 1 saturated heterocycles. The van der Waals surface area contributed by atoms with Gasteiger partial charge in [0.2, 0.25) is 6.79 Å². The number of nitrogens with zero attached hydrogens (tertiary/aromatic N) is 1. The van der Waals surface area contributed by atoms with Crippen molar-refractivity contribution < 1.29 is 28.5 Å². The number of hydrogen-bond acceptors (Lipinski definition) is 7. The molecule has 4 rings (SSSR count). The zero-order chi connectivity index (χ0) is 21.5. The number of hydrogen-bond donors (Lipinski definition) is 1. The number of benzene rings is 2. The highest BCUT2D eigenvalue weighted by Gasteiger charge is 2.19. The Morgan fingerprint density at radius 1 is 1.03 bits per heavy atom. The fourth-order valence-electron chi connectivity index (χ4n) is 3.27. The highest BCUT2D eigenvalue weighted by molar-refractivity contribution is 6.03. The largest absolute Gasteiger partial charge is 0.460 e. The Hall–Kier alpha value is -3.36. The molecule has 0 saturated carbocycles. The molecule has 0 bridgehead atoms. The molecule has 0 aliphatic carbocycles. The summed E-state index contributed by atoms with van der Waals surface area (Å²) in [6.45, 7) is 3.96. The van der Waals surface area contributed by atoms with E-state index in [0.717, 1.165) is 13.1 Å². The molecule has 2 aromatic rings. The molecule has 0 atom stereocenters. The van der Waals surface area contributed by atoms with Crippen LogP contribution >= 0.6 is 0 Å². The van der Waals surface area contributed by atoms with Crippen molar-refractivity contribution >= 4 is 18.0 Å². The molecule has 31 heavy (non-hydrogen) atoms. The SMILES string of the molecule is O=C(OCCN1CCOCC1)C(=Cc1ccc2c(c1)OCO2)NC(=O)c1ccccc1. The summed E-state index contributed by atoms with van der Waals surface area (Å²) in [6.07, 6.45) is 1.57. The van der Waals surface area contributed by atoms with E-state index >= 15 is 0 Å². The van der Waals surface area contributed by atoms with E-state index in [4.69, 9.17) is 18.9 Å². The molecule has 1 N–H and O–H groups in total. The molecule has 2 aliphatic rings. The lowest BCUT2D eigenvalue weighted by Crippen LogP contribution is -2.39. The second-order valence-electron chi connectivity index (χ2n) is 7.08. The van der Waals surface area contributed by atoms with Crippen LogP contribution in [-0.2, 0) is 14.3 Å². The molecule has 8 nitrogen and oxygen atoms in total. The summed E-state index contributed by atoms with van der Waals surface area (Å²) < 4.78 is 21.5. The van der Waals surface area contributed by atoms with E-state index in [0.29, 0.717) is 42.4 Å². The van der Waals surface area contributed by atoms with Gasteiger partial charge in [-0.25, -0.2) is 4.79 Å². The Morgan fingerprint density at radius 3 is 2.61 bits per heavy atom. The Labute approximate surface area is 180 Å². The zero-order valence-corrected chi connectivity index (χ0v) is 17.0. The van der Waals surface area contributed by atoms with Crippen molar-refractivity contribution in [1.82, 2.24) is 10.2 Å². The molecule has 1 fully saturated rings. The first-order valence-electron chi connectivity index (χ1n) is 10.1. The molecule has 0 spiro atoms. The molecular formula is C23H24N2O6. The van der Waals surface area contributed by atoms with Crippen LogP contribution in [0.4, 0.5) is 0 Å². The van der Waals surface area contributed by atoms with E-state index in [1.54, 1.807) is 48.5 Å². The van der Waals surface area contributed by atoms with Crippen LogP contribution in [0.15, 0.2) is 54.2 Å². The normalized spacial score (nSPS) is 16.1. The molecule has 0 aromatic heterocycles. The lowest BCUT2D eigenvalue weighted by atomic mass is 10.1. The van der Waals surface area contributed by atoms with E-state index in [1.807, 2.05) is 6.07 Å². The van der Waals surface area contributed by atoms with Crippen molar-refractivity contribution in [3.63, 3.8) is 0 Å². The Balaban J connectivity index is 1.47. The number of amides is 1. The summed E-state index contributed by atoms with van der Waals surface area (Å²) in [6, 6.07) is 14.0. The Kier molecular flexibility index (Phi) is 6.81. The smallest absolute Gasteiger partial charge is 0.354 e. The quantitative estimate of drug-likeness (QED) is 0.538. The van der Waals surface area contributed by atoms with Crippen LogP contribution in [0.5, 0.6) is 11.5 Å². The van der Waals surface area contributed by atoms with Gasteiger partial charge < -0.3 is 24.3 Å². The third-order valence-electron chi connectivity index (χ3n) is 4.96. The third-order valence-corrected chi connectivity index (χ3v) is 4.96. The van der Waals surface area contributed by atoms with Crippen molar-refractivity contribution in [1.29, 1.82) is 0 Å². The minimum atomic E-state index is -0.602. The van der Waals surface area contributed by atoms with Crippen molar-refractivity contribution in [3.05, 3.63) is 65.4 Å². The molecule has 8 heteroatoms. The number of carbonyl (C=O) groups is 2. The summed E-state index contributed by atoms with van der Waals surface area (Å²) >= 11 is 0. The number of morpholine rings is 1. The van der Waals surface area contributed by atoms with E-state index in [9.17, 15) is 9.59 Å². The van der Waals surface area contributed by atoms with Gasteiger partial charge in [0.15, 0.2) is 11.5 Å². The zero-order valence-electron chi connectivity index (χ0n) is 17.0. The first kappa shape index (κ1) is 20.9. The van der Waals surface area contributed by atoms with Gasteiger partial charge in [-0.05, 0) is 35.9 Å². The van der Waals surface area contributed by atoms with E-state index < -0.39 is 11.9 Å². The van der Waals surface area contributed by atoms with Crippen LogP contribution in [0.3, 0.4) is 0 Å². The number of fused-ring (bicyclic) bond motifs is 1. The van der Waals surface area contributed by atoms with Gasteiger partial charge in [0, 0.05) is 25.2 Å². The van der Waals surface area contributed by atoms with Crippen LogP contribution in [-0.4, -0.2) is 63.0 Å². The molecule has 0 unspecified atom stereocenters. The van der Waals surface area contributed by atoms with Gasteiger partial charge in [-0.2, -0.15) is 0 Å². The number of nitrogens with one attached hydrogen (secondary N) is 1. The number of esters is 1. The second kappa shape index (κ2) is 10.1. The average molecular weight is 424 g/mol. The summed E-state index contributed by atoms with van der Waals surface area (Å²) in [5, 5.41) is 2.68. The van der Waals surface area contributed by atoms with Gasteiger partial charge in [0.1, 0.15) is 12.3 Å². The third kappa shape index (κ3) is 5.62. The van der Waals surface area contributed by atoms with E-state index in [-0.39, 0.29) is 19.1 Å². The molecule has 2 aromatic carbocycles. The minimum absolute atomic E-state index is 0.0506. The van der Waals surface area contributed by atoms with Crippen LogP contribution in [0.1, 0.15) is 15.9 Å². The van der Waals surface area contributed by atoms with Crippen molar-refractivity contribution in [2.75, 3.05) is 46.2 Å². The molecule has 2 heterocycles. The second-order valence-corrected chi connectivity index (χ2v) is 7.08. The van der Waals surface area contributed by atoms with Crippen molar-refractivity contribution in [3.8, 4) is 11.5 Å². The predicted molar refractivity (Wildman–Crippen MR) is 113 cm³/mol.